The van der Waals surface area contributed by atoms with E-state index in [9.17, 15) is 0 Å². The average Bonchev–Trinajstić information content (AvgIpc) is 2.68. The van der Waals surface area contributed by atoms with Crippen molar-refractivity contribution in [1.82, 2.24) is 15.3 Å². The Bertz CT molecular complexity index is 500. The Kier molecular flexibility index (Phi) is 7.32. The molecule has 26 heavy (non-hydrogen) atoms. The Hall–Kier alpha value is -1.60. The second-order valence-electron chi connectivity index (χ2n) is 7.61. The predicted molar refractivity (Wildman–Crippen MR) is 109 cm³/mol. The summed E-state index contributed by atoms with van der Waals surface area (Å²) in [5.74, 6) is 2.90. The first kappa shape index (κ1) is 19.2. The van der Waals surface area contributed by atoms with E-state index in [1.54, 1.807) is 0 Å². The van der Waals surface area contributed by atoms with Crippen molar-refractivity contribution in [3.63, 3.8) is 0 Å². The van der Waals surface area contributed by atoms with Gasteiger partial charge in [0.25, 0.3) is 0 Å². The van der Waals surface area contributed by atoms with Crippen LogP contribution in [0.4, 0.5) is 17.6 Å². The van der Waals surface area contributed by atoms with Gasteiger partial charge in [-0.15, -0.1) is 0 Å². The van der Waals surface area contributed by atoms with E-state index in [1.807, 2.05) is 6.92 Å². The molecule has 1 unspecified atom stereocenters. The maximum atomic E-state index is 5.78. The number of rotatable bonds is 8. The minimum Gasteiger partial charge on any atom is -0.369 e. The van der Waals surface area contributed by atoms with E-state index in [0.717, 1.165) is 63.4 Å². The van der Waals surface area contributed by atoms with Gasteiger partial charge in [0, 0.05) is 57.9 Å². The van der Waals surface area contributed by atoms with Crippen molar-refractivity contribution in [2.24, 2.45) is 5.73 Å². The molecule has 7 heteroatoms. The number of aromatic nitrogens is 2. The van der Waals surface area contributed by atoms with Crippen LogP contribution in [0.2, 0.25) is 0 Å². The maximum Gasteiger partial charge on any atom is 0.229 e. The van der Waals surface area contributed by atoms with Gasteiger partial charge < -0.3 is 26.2 Å². The van der Waals surface area contributed by atoms with Crippen molar-refractivity contribution >= 4 is 17.6 Å². The molecule has 4 N–H and O–H groups in total. The van der Waals surface area contributed by atoms with Gasteiger partial charge in [0.2, 0.25) is 5.95 Å². The van der Waals surface area contributed by atoms with Crippen LogP contribution < -0.4 is 26.2 Å². The molecule has 0 spiro atoms. The van der Waals surface area contributed by atoms with E-state index in [2.05, 4.69) is 26.5 Å². The summed E-state index contributed by atoms with van der Waals surface area (Å²) in [6.07, 6.45) is 7.64. The zero-order valence-electron chi connectivity index (χ0n) is 16.2. The second kappa shape index (κ2) is 9.92. The number of hydrogen-bond acceptors (Lipinski definition) is 7. The number of nitrogens with one attached hydrogen (secondary N) is 2. The van der Waals surface area contributed by atoms with E-state index >= 15 is 0 Å². The van der Waals surface area contributed by atoms with E-state index in [0.29, 0.717) is 0 Å². The molecule has 0 aromatic carbocycles. The van der Waals surface area contributed by atoms with Crippen molar-refractivity contribution in [3.05, 3.63) is 6.07 Å². The Balaban J connectivity index is 1.67. The minimum atomic E-state index is 0.186. The third-order valence-electron chi connectivity index (χ3n) is 5.09. The van der Waals surface area contributed by atoms with Gasteiger partial charge in [-0.25, -0.2) is 0 Å². The molecule has 7 nitrogen and oxygen atoms in total. The Labute approximate surface area is 157 Å². The summed E-state index contributed by atoms with van der Waals surface area (Å²) in [5.41, 5.74) is 5.78. The van der Waals surface area contributed by atoms with Crippen LogP contribution in [0.1, 0.15) is 45.4 Å². The van der Waals surface area contributed by atoms with Gasteiger partial charge in [0.15, 0.2) is 0 Å². The zero-order valence-corrected chi connectivity index (χ0v) is 16.2. The van der Waals surface area contributed by atoms with Gasteiger partial charge in [-0.3, -0.25) is 0 Å². The third kappa shape index (κ3) is 5.71. The van der Waals surface area contributed by atoms with Crippen LogP contribution in [0.25, 0.3) is 0 Å². The van der Waals surface area contributed by atoms with Crippen LogP contribution in [0, 0.1) is 0 Å². The van der Waals surface area contributed by atoms with Crippen LogP contribution >= 0.6 is 0 Å². The van der Waals surface area contributed by atoms with Crippen LogP contribution in [0.5, 0.6) is 0 Å². The Morgan fingerprint density at radius 1 is 0.962 bits per heavy atom. The highest BCUT2D eigenvalue weighted by Gasteiger charge is 2.19. The molecule has 3 heterocycles. The number of nitrogens with two attached hydrogens (primary N) is 1. The molecule has 0 radical (unpaired) electrons. The lowest BCUT2D eigenvalue weighted by Crippen LogP contribution is -2.35. The normalized spacial score (nSPS) is 19.5. The summed E-state index contributed by atoms with van der Waals surface area (Å²) in [6.45, 7) is 8.91. The molecule has 146 valence electrons. The largest absolute Gasteiger partial charge is 0.369 e. The van der Waals surface area contributed by atoms with Gasteiger partial charge in [-0.05, 0) is 45.4 Å². The van der Waals surface area contributed by atoms with Gasteiger partial charge in [-0.1, -0.05) is 0 Å². The SMILES string of the molecule is CC(N)CNCCNc1cc(N2CCCCC2)nc(N2CCCCC2)n1. The number of hydrogen-bond donors (Lipinski definition) is 3. The number of nitrogens with zero attached hydrogens (tertiary/aromatic N) is 4. The quantitative estimate of drug-likeness (QED) is 0.609. The van der Waals surface area contributed by atoms with Crippen LogP contribution in [0.3, 0.4) is 0 Å². The van der Waals surface area contributed by atoms with Gasteiger partial charge in [0.05, 0.1) is 0 Å². The average molecular weight is 362 g/mol. The lowest BCUT2D eigenvalue weighted by Gasteiger charge is -2.31. The van der Waals surface area contributed by atoms with Crippen LogP contribution in [-0.4, -0.2) is 61.8 Å². The minimum absolute atomic E-state index is 0.186. The highest BCUT2D eigenvalue weighted by Crippen LogP contribution is 2.25. The van der Waals surface area contributed by atoms with Crippen LogP contribution in [-0.2, 0) is 0 Å². The summed E-state index contributed by atoms with van der Waals surface area (Å²) >= 11 is 0. The number of piperidine rings is 2. The molecule has 2 fully saturated rings. The molecular formula is C19H35N7. The molecule has 1 aromatic heterocycles. The lowest BCUT2D eigenvalue weighted by atomic mass is 10.1. The van der Waals surface area contributed by atoms with E-state index < -0.39 is 0 Å². The highest BCUT2D eigenvalue weighted by atomic mass is 15.3. The molecule has 0 saturated carbocycles. The van der Waals surface area contributed by atoms with E-state index in [-0.39, 0.29) is 6.04 Å². The predicted octanol–water partition coefficient (Wildman–Crippen LogP) is 1.81. The molecule has 2 aliphatic heterocycles. The summed E-state index contributed by atoms with van der Waals surface area (Å²) in [4.78, 5) is 14.5. The third-order valence-corrected chi connectivity index (χ3v) is 5.09. The van der Waals surface area contributed by atoms with Gasteiger partial charge in [0.1, 0.15) is 11.6 Å². The van der Waals surface area contributed by atoms with Crippen molar-refractivity contribution in [3.8, 4) is 0 Å². The molecule has 2 saturated heterocycles. The standard InChI is InChI=1S/C19H35N7/c1-16(20)15-21-8-9-22-17-14-18(25-10-4-2-5-11-25)24-19(23-17)26-12-6-3-7-13-26/h14,16,21H,2-13,15,20H2,1H3,(H,22,23,24). The smallest absolute Gasteiger partial charge is 0.229 e. The molecule has 3 rings (SSSR count). The Morgan fingerprint density at radius 3 is 2.27 bits per heavy atom. The summed E-state index contributed by atoms with van der Waals surface area (Å²) in [6, 6.07) is 2.30. The fourth-order valence-electron chi connectivity index (χ4n) is 3.64. The summed E-state index contributed by atoms with van der Waals surface area (Å²) < 4.78 is 0. The van der Waals surface area contributed by atoms with E-state index in [1.165, 1.54) is 38.5 Å². The first-order valence-electron chi connectivity index (χ1n) is 10.3. The summed E-state index contributed by atoms with van der Waals surface area (Å²) in [7, 11) is 0. The number of anilines is 3. The first-order chi connectivity index (χ1) is 12.7. The molecule has 0 amide bonds. The van der Waals surface area contributed by atoms with Gasteiger partial charge >= 0.3 is 0 Å². The molecular weight excluding hydrogens is 326 g/mol. The zero-order chi connectivity index (χ0) is 18.2. The fourth-order valence-corrected chi connectivity index (χ4v) is 3.64. The maximum absolute atomic E-state index is 5.78. The van der Waals surface area contributed by atoms with Crippen LogP contribution in [0.15, 0.2) is 6.07 Å². The van der Waals surface area contributed by atoms with Crippen molar-refractivity contribution in [2.75, 3.05) is 60.9 Å². The topological polar surface area (TPSA) is 82.3 Å². The van der Waals surface area contributed by atoms with Crippen molar-refractivity contribution in [1.29, 1.82) is 0 Å². The Morgan fingerprint density at radius 2 is 1.62 bits per heavy atom. The molecule has 1 atom stereocenters. The molecule has 1 aromatic rings. The molecule has 0 aliphatic carbocycles. The first-order valence-corrected chi connectivity index (χ1v) is 10.3. The fraction of sp³-hybridized carbons (Fsp3) is 0.789. The van der Waals surface area contributed by atoms with E-state index in [4.69, 9.17) is 15.7 Å². The van der Waals surface area contributed by atoms with Crippen molar-refractivity contribution < 1.29 is 0 Å². The highest BCUT2D eigenvalue weighted by molar-refractivity contribution is 5.54. The summed E-state index contributed by atoms with van der Waals surface area (Å²) in [5, 5.41) is 6.83. The molecule has 0 bridgehead atoms. The monoisotopic (exact) mass is 361 g/mol. The molecule has 2 aliphatic rings. The van der Waals surface area contributed by atoms with Gasteiger partial charge in [-0.2, -0.15) is 9.97 Å². The lowest BCUT2D eigenvalue weighted by molar-refractivity contribution is 0.561. The second-order valence-corrected chi connectivity index (χ2v) is 7.61. The van der Waals surface area contributed by atoms with Crippen molar-refractivity contribution in [2.45, 2.75) is 51.5 Å².